The summed E-state index contributed by atoms with van der Waals surface area (Å²) in [5.74, 6) is 0. The Labute approximate surface area is 89.5 Å². The monoisotopic (exact) mass is 212 g/mol. The second-order valence-corrected chi connectivity index (χ2v) is 4.02. The summed E-state index contributed by atoms with van der Waals surface area (Å²) in [5, 5.41) is 0. The molecular formula is C10H12OS2. The highest BCUT2D eigenvalue weighted by Crippen LogP contribution is 2.18. The third-order valence-corrected chi connectivity index (χ3v) is 2.03. The van der Waals surface area contributed by atoms with E-state index in [0.717, 1.165) is 5.56 Å². The number of benzene rings is 1. The number of ether oxygens (including phenoxy) is 1. The highest BCUT2D eigenvalue weighted by molar-refractivity contribution is 8.10. The number of rotatable bonds is 2. The lowest BCUT2D eigenvalue weighted by atomic mass is 10.1. The van der Waals surface area contributed by atoms with Crippen molar-refractivity contribution in [3.8, 4) is 0 Å². The van der Waals surface area contributed by atoms with Crippen molar-refractivity contribution in [2.75, 3.05) is 0 Å². The fraction of sp³-hybridized carbons (Fsp3) is 0.300. The third kappa shape index (κ3) is 3.36. The van der Waals surface area contributed by atoms with E-state index in [0.29, 0.717) is 0 Å². The molecule has 0 bridgehead atoms. The lowest BCUT2D eigenvalue weighted by Gasteiger charge is -2.12. The number of aryl methyl sites for hydroxylation is 1. The molecule has 13 heavy (non-hydrogen) atoms. The molecule has 0 aliphatic heterocycles. The first-order chi connectivity index (χ1) is 6.09. The van der Waals surface area contributed by atoms with Crippen LogP contribution in [0.3, 0.4) is 0 Å². The number of thiocarbonyl (C=S) groups is 1. The van der Waals surface area contributed by atoms with Gasteiger partial charge in [-0.1, -0.05) is 42.5 Å². The molecule has 3 heteroatoms. The van der Waals surface area contributed by atoms with Crippen LogP contribution in [0.25, 0.3) is 0 Å². The van der Waals surface area contributed by atoms with Gasteiger partial charge < -0.3 is 4.74 Å². The van der Waals surface area contributed by atoms with Crippen molar-refractivity contribution in [3.63, 3.8) is 0 Å². The summed E-state index contributed by atoms with van der Waals surface area (Å²) in [7, 11) is 0. The van der Waals surface area contributed by atoms with Crippen LogP contribution in [0.5, 0.6) is 0 Å². The van der Waals surface area contributed by atoms with Crippen molar-refractivity contribution < 1.29 is 4.74 Å². The van der Waals surface area contributed by atoms with E-state index in [4.69, 9.17) is 17.0 Å². The highest BCUT2D eigenvalue weighted by Gasteiger charge is 2.05. The van der Waals surface area contributed by atoms with Gasteiger partial charge in [0.25, 0.3) is 0 Å². The first kappa shape index (κ1) is 10.5. The first-order valence-electron chi connectivity index (χ1n) is 4.05. The molecular weight excluding hydrogens is 200 g/mol. The van der Waals surface area contributed by atoms with Crippen LogP contribution >= 0.6 is 24.8 Å². The van der Waals surface area contributed by atoms with Gasteiger partial charge in [0.1, 0.15) is 6.10 Å². The zero-order valence-electron chi connectivity index (χ0n) is 7.65. The van der Waals surface area contributed by atoms with Gasteiger partial charge in [0.2, 0.25) is 4.38 Å². The van der Waals surface area contributed by atoms with Gasteiger partial charge in [-0.3, -0.25) is 0 Å². The smallest absolute Gasteiger partial charge is 0.217 e. The second-order valence-electron chi connectivity index (χ2n) is 2.94. The van der Waals surface area contributed by atoms with E-state index in [2.05, 4.69) is 31.7 Å². The molecule has 1 atom stereocenters. The molecule has 0 saturated heterocycles. The van der Waals surface area contributed by atoms with Crippen LogP contribution in [0.1, 0.15) is 24.2 Å². The van der Waals surface area contributed by atoms with Crippen LogP contribution in [0, 0.1) is 6.92 Å². The predicted molar refractivity (Wildman–Crippen MR) is 62.3 cm³/mol. The van der Waals surface area contributed by atoms with E-state index < -0.39 is 0 Å². The summed E-state index contributed by atoms with van der Waals surface area (Å²) in [4.78, 5) is 0. The molecule has 0 aromatic heterocycles. The topological polar surface area (TPSA) is 9.23 Å². The van der Waals surface area contributed by atoms with Gasteiger partial charge in [0.15, 0.2) is 0 Å². The summed E-state index contributed by atoms with van der Waals surface area (Å²) < 4.78 is 5.56. The van der Waals surface area contributed by atoms with Gasteiger partial charge in [-0.05, 0) is 31.6 Å². The summed E-state index contributed by atoms with van der Waals surface area (Å²) in [6, 6.07) is 8.17. The normalized spacial score (nSPS) is 12.2. The molecule has 1 rings (SSSR count). The van der Waals surface area contributed by atoms with Gasteiger partial charge in [-0.25, -0.2) is 0 Å². The Morgan fingerprint density at radius 3 is 2.38 bits per heavy atom. The second kappa shape index (κ2) is 4.63. The van der Waals surface area contributed by atoms with Crippen molar-refractivity contribution in [3.05, 3.63) is 35.4 Å². The van der Waals surface area contributed by atoms with E-state index >= 15 is 0 Å². The van der Waals surface area contributed by atoms with Crippen molar-refractivity contribution in [2.24, 2.45) is 0 Å². The van der Waals surface area contributed by atoms with Crippen LogP contribution in [0.4, 0.5) is 0 Å². The minimum atomic E-state index is -0.0226. The van der Waals surface area contributed by atoms with Crippen LogP contribution in [0.15, 0.2) is 24.3 Å². The molecule has 0 radical (unpaired) electrons. The van der Waals surface area contributed by atoms with E-state index in [1.54, 1.807) is 0 Å². The third-order valence-electron chi connectivity index (χ3n) is 1.82. The maximum absolute atomic E-state index is 5.27. The fourth-order valence-electron chi connectivity index (χ4n) is 1.06. The van der Waals surface area contributed by atoms with Crippen molar-refractivity contribution >= 4 is 29.2 Å². The van der Waals surface area contributed by atoms with Crippen LogP contribution < -0.4 is 0 Å². The summed E-state index contributed by atoms with van der Waals surface area (Å²) in [6.07, 6.45) is -0.0226. The molecule has 0 fully saturated rings. The van der Waals surface area contributed by atoms with E-state index in [1.807, 2.05) is 19.1 Å². The molecule has 0 N–H and O–H groups in total. The van der Waals surface area contributed by atoms with Crippen LogP contribution in [-0.4, -0.2) is 4.38 Å². The van der Waals surface area contributed by atoms with E-state index in [1.165, 1.54) is 5.56 Å². The zero-order valence-corrected chi connectivity index (χ0v) is 9.36. The average Bonchev–Trinajstić information content (AvgIpc) is 2.04. The Morgan fingerprint density at radius 2 is 1.92 bits per heavy atom. The van der Waals surface area contributed by atoms with Crippen molar-refractivity contribution in [1.29, 1.82) is 0 Å². The molecule has 0 aliphatic carbocycles. The molecule has 1 aromatic rings. The van der Waals surface area contributed by atoms with E-state index in [9.17, 15) is 0 Å². The Morgan fingerprint density at radius 1 is 1.38 bits per heavy atom. The molecule has 0 saturated carbocycles. The predicted octanol–water partition coefficient (Wildman–Crippen LogP) is 3.29. The molecule has 0 spiro atoms. The lowest BCUT2D eigenvalue weighted by molar-refractivity contribution is 0.227. The quantitative estimate of drug-likeness (QED) is 0.595. The minimum Gasteiger partial charge on any atom is -0.471 e. The fourth-order valence-corrected chi connectivity index (χ4v) is 1.36. The van der Waals surface area contributed by atoms with Gasteiger partial charge in [0.05, 0.1) is 0 Å². The Bertz CT molecular complexity index is 292. The van der Waals surface area contributed by atoms with E-state index in [-0.39, 0.29) is 10.5 Å². The summed E-state index contributed by atoms with van der Waals surface area (Å²) in [5.41, 5.74) is 2.35. The summed E-state index contributed by atoms with van der Waals surface area (Å²) in [6.45, 7) is 4.01. The molecule has 0 aliphatic rings. The Hall–Kier alpha value is -0.540. The van der Waals surface area contributed by atoms with Crippen LogP contribution in [-0.2, 0) is 4.74 Å². The maximum atomic E-state index is 5.27. The average molecular weight is 212 g/mol. The molecule has 0 heterocycles. The Balaban J connectivity index is 2.71. The molecule has 1 nitrogen and oxygen atoms in total. The van der Waals surface area contributed by atoms with Crippen molar-refractivity contribution in [2.45, 2.75) is 20.0 Å². The standard InChI is InChI=1S/C10H12OS2/c1-7-3-5-9(6-4-7)8(2)11-10(12)13/h3-6,8H,1-2H3,(H,12,13). The minimum absolute atomic E-state index is 0.0226. The molecule has 0 amide bonds. The lowest BCUT2D eigenvalue weighted by Crippen LogP contribution is -2.01. The van der Waals surface area contributed by atoms with Gasteiger partial charge in [-0.15, -0.1) is 0 Å². The summed E-state index contributed by atoms with van der Waals surface area (Å²) >= 11 is 8.66. The largest absolute Gasteiger partial charge is 0.471 e. The maximum Gasteiger partial charge on any atom is 0.217 e. The van der Waals surface area contributed by atoms with Gasteiger partial charge in [0, 0.05) is 0 Å². The highest BCUT2D eigenvalue weighted by atomic mass is 32.1. The van der Waals surface area contributed by atoms with Gasteiger partial charge in [-0.2, -0.15) is 0 Å². The number of thiol groups is 1. The SMILES string of the molecule is Cc1ccc(C(C)OC(=S)S)cc1. The Kier molecular flexibility index (Phi) is 3.75. The molecule has 70 valence electrons. The van der Waals surface area contributed by atoms with Gasteiger partial charge >= 0.3 is 0 Å². The first-order valence-corrected chi connectivity index (χ1v) is 4.91. The molecule has 1 aromatic carbocycles. The zero-order chi connectivity index (χ0) is 9.84. The van der Waals surface area contributed by atoms with Crippen molar-refractivity contribution in [1.82, 2.24) is 0 Å². The molecule has 1 unspecified atom stereocenters. The van der Waals surface area contributed by atoms with Crippen LogP contribution in [0.2, 0.25) is 0 Å². The number of hydrogen-bond acceptors (Lipinski definition) is 2. The number of hydrogen-bond donors (Lipinski definition) is 1.